The molecule has 2 saturated heterocycles. The van der Waals surface area contributed by atoms with Crippen LogP contribution in [0, 0.1) is 12.8 Å². The summed E-state index contributed by atoms with van der Waals surface area (Å²) in [6.45, 7) is 3.91. The second-order valence-corrected chi connectivity index (χ2v) is 4.39. The third kappa shape index (κ3) is 2.21. The lowest BCUT2D eigenvalue weighted by atomic mass is 10.0. The normalized spacial score (nSPS) is 32.4. The fraction of sp³-hybridized carbons (Fsp3) is 0.800. The largest absolute Gasteiger partial charge is 0.373 e. The fourth-order valence-electron chi connectivity index (χ4n) is 2.49. The summed E-state index contributed by atoms with van der Waals surface area (Å²) >= 11 is 0. The number of hydrogen-bond donors (Lipinski definition) is 1. The van der Waals surface area contributed by atoms with Gasteiger partial charge in [0.2, 0.25) is 5.89 Å². The SMILES string of the molecule is Cc1noc(C[C@@H]2C[C@H]3CNC[C@H]3O2)n1.Cl. The average molecular weight is 246 g/mol. The lowest BCUT2D eigenvalue weighted by Crippen LogP contribution is -2.20. The van der Waals surface area contributed by atoms with Gasteiger partial charge in [0.25, 0.3) is 0 Å². The standard InChI is InChI=1S/C10H15N3O2.ClH/c1-6-12-10(15-13-6)3-8-2-7-4-11-5-9(7)14-8;/h7-9,11H,2-5H2,1H3;1H/t7-,8-,9+;/m0./s1. The summed E-state index contributed by atoms with van der Waals surface area (Å²) in [5.74, 6) is 2.08. The molecule has 0 spiro atoms. The van der Waals surface area contributed by atoms with Crippen molar-refractivity contribution < 1.29 is 9.26 Å². The van der Waals surface area contributed by atoms with Crippen LogP contribution in [0.5, 0.6) is 0 Å². The molecule has 0 aliphatic carbocycles. The highest BCUT2D eigenvalue weighted by molar-refractivity contribution is 5.85. The molecule has 0 bridgehead atoms. The topological polar surface area (TPSA) is 60.2 Å². The van der Waals surface area contributed by atoms with Gasteiger partial charge in [-0.3, -0.25) is 0 Å². The van der Waals surface area contributed by atoms with Crippen molar-refractivity contribution in [2.45, 2.75) is 32.0 Å². The van der Waals surface area contributed by atoms with Gasteiger partial charge in [0.1, 0.15) is 0 Å². The van der Waals surface area contributed by atoms with E-state index in [-0.39, 0.29) is 18.5 Å². The summed E-state index contributed by atoms with van der Waals surface area (Å²) in [6.07, 6.45) is 2.54. The molecule has 0 radical (unpaired) electrons. The van der Waals surface area contributed by atoms with Crippen LogP contribution in [0.15, 0.2) is 4.52 Å². The van der Waals surface area contributed by atoms with Gasteiger partial charge in [0.15, 0.2) is 5.82 Å². The van der Waals surface area contributed by atoms with Crippen LogP contribution in [-0.4, -0.2) is 35.4 Å². The van der Waals surface area contributed by atoms with E-state index in [2.05, 4.69) is 15.5 Å². The van der Waals surface area contributed by atoms with Crippen LogP contribution >= 0.6 is 12.4 Å². The Kier molecular flexibility index (Phi) is 3.47. The number of hydrogen-bond acceptors (Lipinski definition) is 5. The van der Waals surface area contributed by atoms with E-state index >= 15 is 0 Å². The summed E-state index contributed by atoms with van der Waals surface area (Å²) in [4.78, 5) is 4.19. The van der Waals surface area contributed by atoms with Crippen LogP contribution in [0.3, 0.4) is 0 Å². The van der Waals surface area contributed by atoms with Crippen LogP contribution in [0.1, 0.15) is 18.1 Å². The lowest BCUT2D eigenvalue weighted by molar-refractivity contribution is 0.0442. The van der Waals surface area contributed by atoms with Crippen LogP contribution in [0.4, 0.5) is 0 Å². The fourth-order valence-corrected chi connectivity index (χ4v) is 2.49. The zero-order valence-corrected chi connectivity index (χ0v) is 10.00. The Hall–Kier alpha value is -0.650. The molecule has 1 aromatic heterocycles. The number of aromatic nitrogens is 2. The quantitative estimate of drug-likeness (QED) is 0.832. The van der Waals surface area contributed by atoms with Crippen molar-refractivity contribution in [3.8, 4) is 0 Å². The van der Waals surface area contributed by atoms with Crippen LogP contribution in [0.2, 0.25) is 0 Å². The Morgan fingerprint density at radius 2 is 2.31 bits per heavy atom. The van der Waals surface area contributed by atoms with E-state index in [1.807, 2.05) is 6.92 Å². The molecule has 2 aliphatic heterocycles. The van der Waals surface area contributed by atoms with Gasteiger partial charge in [0, 0.05) is 19.0 Å². The molecule has 3 atom stereocenters. The van der Waals surface area contributed by atoms with Crippen molar-refractivity contribution in [2.24, 2.45) is 5.92 Å². The van der Waals surface area contributed by atoms with Crippen molar-refractivity contribution in [3.63, 3.8) is 0 Å². The molecule has 16 heavy (non-hydrogen) atoms. The smallest absolute Gasteiger partial charge is 0.229 e. The van der Waals surface area contributed by atoms with Crippen LogP contribution in [0.25, 0.3) is 0 Å². The van der Waals surface area contributed by atoms with E-state index in [4.69, 9.17) is 9.26 Å². The Labute approximate surface area is 100 Å². The van der Waals surface area contributed by atoms with Gasteiger partial charge in [-0.15, -0.1) is 12.4 Å². The highest BCUT2D eigenvalue weighted by atomic mass is 35.5. The minimum absolute atomic E-state index is 0. The van der Waals surface area contributed by atoms with Crippen molar-refractivity contribution >= 4 is 12.4 Å². The van der Waals surface area contributed by atoms with Gasteiger partial charge in [0.05, 0.1) is 18.6 Å². The molecular weight excluding hydrogens is 230 g/mol. The van der Waals surface area contributed by atoms with E-state index in [9.17, 15) is 0 Å². The predicted octanol–water partition coefficient (Wildman–Crippen LogP) is 0.719. The summed E-state index contributed by atoms with van der Waals surface area (Å²) < 4.78 is 11.0. The highest BCUT2D eigenvalue weighted by Crippen LogP contribution is 2.30. The molecule has 1 N–H and O–H groups in total. The third-order valence-electron chi connectivity index (χ3n) is 3.18. The number of nitrogens with zero attached hydrogens (tertiary/aromatic N) is 2. The Balaban J connectivity index is 0.000000963. The summed E-state index contributed by atoms with van der Waals surface area (Å²) in [6, 6.07) is 0. The van der Waals surface area contributed by atoms with Gasteiger partial charge in [-0.05, 0) is 13.3 Å². The Bertz CT molecular complexity index is 346. The van der Waals surface area contributed by atoms with Crippen molar-refractivity contribution in [3.05, 3.63) is 11.7 Å². The van der Waals surface area contributed by atoms with Crippen LogP contribution in [-0.2, 0) is 11.2 Å². The molecule has 3 rings (SSSR count). The minimum atomic E-state index is 0. The van der Waals surface area contributed by atoms with Gasteiger partial charge in [-0.1, -0.05) is 5.16 Å². The number of nitrogens with one attached hydrogen (secondary N) is 1. The molecule has 2 aliphatic rings. The predicted molar refractivity (Wildman–Crippen MR) is 59.6 cm³/mol. The van der Waals surface area contributed by atoms with Gasteiger partial charge < -0.3 is 14.6 Å². The molecule has 5 nitrogen and oxygen atoms in total. The zero-order chi connectivity index (χ0) is 10.3. The first-order valence-corrected chi connectivity index (χ1v) is 5.46. The van der Waals surface area contributed by atoms with Gasteiger partial charge in [-0.25, -0.2) is 0 Å². The van der Waals surface area contributed by atoms with E-state index in [1.165, 1.54) is 0 Å². The number of halogens is 1. The molecular formula is C10H16ClN3O2. The van der Waals surface area contributed by atoms with Gasteiger partial charge >= 0.3 is 0 Å². The first-order chi connectivity index (χ1) is 7.31. The molecule has 0 aromatic carbocycles. The van der Waals surface area contributed by atoms with E-state index in [0.29, 0.717) is 23.7 Å². The van der Waals surface area contributed by atoms with E-state index in [0.717, 1.165) is 25.9 Å². The number of aryl methyl sites for hydroxylation is 1. The maximum Gasteiger partial charge on any atom is 0.229 e. The Morgan fingerprint density at radius 3 is 3.00 bits per heavy atom. The van der Waals surface area contributed by atoms with E-state index in [1.54, 1.807) is 0 Å². The number of rotatable bonds is 2. The van der Waals surface area contributed by atoms with Crippen molar-refractivity contribution in [2.75, 3.05) is 13.1 Å². The first kappa shape index (κ1) is 11.8. The molecule has 90 valence electrons. The summed E-state index contributed by atoms with van der Waals surface area (Å²) in [5, 5.41) is 7.11. The summed E-state index contributed by atoms with van der Waals surface area (Å²) in [5.41, 5.74) is 0. The molecule has 6 heteroatoms. The van der Waals surface area contributed by atoms with Crippen LogP contribution < -0.4 is 5.32 Å². The first-order valence-electron chi connectivity index (χ1n) is 5.46. The van der Waals surface area contributed by atoms with Crippen molar-refractivity contribution in [1.29, 1.82) is 0 Å². The Morgan fingerprint density at radius 1 is 1.44 bits per heavy atom. The molecule has 0 unspecified atom stereocenters. The second kappa shape index (κ2) is 4.69. The molecule has 3 heterocycles. The molecule has 0 saturated carbocycles. The number of ether oxygens (including phenoxy) is 1. The molecule has 1 aromatic rings. The number of fused-ring (bicyclic) bond motifs is 1. The monoisotopic (exact) mass is 245 g/mol. The molecule has 0 amide bonds. The lowest BCUT2D eigenvalue weighted by Gasteiger charge is -2.09. The second-order valence-electron chi connectivity index (χ2n) is 4.39. The minimum Gasteiger partial charge on any atom is -0.373 e. The van der Waals surface area contributed by atoms with E-state index < -0.39 is 0 Å². The third-order valence-corrected chi connectivity index (χ3v) is 3.18. The zero-order valence-electron chi connectivity index (χ0n) is 9.18. The average Bonchev–Trinajstić information content (AvgIpc) is 2.81. The van der Waals surface area contributed by atoms with Crippen molar-refractivity contribution in [1.82, 2.24) is 15.5 Å². The van der Waals surface area contributed by atoms with Gasteiger partial charge in [-0.2, -0.15) is 4.98 Å². The maximum absolute atomic E-state index is 5.91. The summed E-state index contributed by atoms with van der Waals surface area (Å²) in [7, 11) is 0. The molecule has 2 fully saturated rings. The maximum atomic E-state index is 5.91. The highest BCUT2D eigenvalue weighted by Gasteiger charge is 2.38.